The lowest BCUT2D eigenvalue weighted by Crippen LogP contribution is -2.45. The molecule has 19 heavy (non-hydrogen) atoms. The van der Waals surface area contributed by atoms with Crippen molar-refractivity contribution in [1.29, 1.82) is 0 Å². The topological polar surface area (TPSA) is 83.4 Å². The normalized spacial score (nSPS) is 11.3. The van der Waals surface area contributed by atoms with E-state index in [0.29, 0.717) is 18.5 Å². The molecule has 1 rings (SSSR count). The first-order valence-electron chi connectivity index (χ1n) is 6.36. The molecule has 0 radical (unpaired) electrons. The summed E-state index contributed by atoms with van der Waals surface area (Å²) >= 11 is 0. The van der Waals surface area contributed by atoms with Crippen molar-refractivity contribution >= 4 is 11.9 Å². The lowest BCUT2D eigenvalue weighted by molar-refractivity contribution is 0.214. The third-order valence-corrected chi connectivity index (χ3v) is 2.86. The highest BCUT2D eigenvalue weighted by atomic mass is 16.5. The fourth-order valence-electron chi connectivity index (χ4n) is 1.24. The molecule has 7 nitrogen and oxygen atoms in total. The minimum Gasteiger partial charge on any atom is -0.463 e. The van der Waals surface area contributed by atoms with Gasteiger partial charge in [0.2, 0.25) is 11.9 Å². The van der Waals surface area contributed by atoms with Crippen LogP contribution in [0.2, 0.25) is 0 Å². The zero-order chi connectivity index (χ0) is 14.5. The molecule has 0 fully saturated rings. The number of nitrogens with zero attached hydrogens (tertiary/aromatic N) is 4. The third kappa shape index (κ3) is 3.92. The van der Waals surface area contributed by atoms with Crippen molar-refractivity contribution < 1.29 is 9.84 Å². The minimum absolute atomic E-state index is 0.00474. The Hall–Kier alpha value is -1.63. The lowest BCUT2D eigenvalue weighted by atomic mass is 10.1. The van der Waals surface area contributed by atoms with E-state index < -0.39 is 5.54 Å². The van der Waals surface area contributed by atoms with E-state index in [1.54, 1.807) is 11.9 Å². The van der Waals surface area contributed by atoms with Gasteiger partial charge in [0, 0.05) is 14.1 Å². The van der Waals surface area contributed by atoms with Crippen molar-refractivity contribution in [3.8, 4) is 6.01 Å². The number of aliphatic hydroxyl groups excluding tert-OH is 1. The summed E-state index contributed by atoms with van der Waals surface area (Å²) in [4.78, 5) is 14.5. The van der Waals surface area contributed by atoms with Gasteiger partial charge in [-0.15, -0.1) is 0 Å². The maximum Gasteiger partial charge on any atom is 0.323 e. The molecular formula is C12H23N5O2. The summed E-state index contributed by atoms with van der Waals surface area (Å²) in [5, 5.41) is 12.3. The molecule has 0 saturated heterocycles. The van der Waals surface area contributed by atoms with Crippen LogP contribution in [0, 0.1) is 0 Å². The van der Waals surface area contributed by atoms with Crippen LogP contribution in [-0.2, 0) is 0 Å². The molecule has 1 aromatic rings. The van der Waals surface area contributed by atoms with Crippen LogP contribution in [-0.4, -0.2) is 52.9 Å². The van der Waals surface area contributed by atoms with E-state index >= 15 is 0 Å². The van der Waals surface area contributed by atoms with Crippen LogP contribution < -0.4 is 15.0 Å². The van der Waals surface area contributed by atoms with Gasteiger partial charge in [0.25, 0.3) is 0 Å². The standard InChI is InChI=1S/C12H23N5O2/c1-6-7-19-11-15-9(13-4)14-10(16-11)17(5)12(2,3)8-18/h18H,6-8H2,1-5H3,(H,13,14,15,16). The average molecular weight is 269 g/mol. The zero-order valence-corrected chi connectivity index (χ0v) is 12.3. The quantitative estimate of drug-likeness (QED) is 0.761. The molecule has 2 N–H and O–H groups in total. The molecule has 1 heterocycles. The predicted octanol–water partition coefficient (Wildman–Crippen LogP) is 0.909. The molecule has 7 heteroatoms. The number of nitrogens with one attached hydrogen (secondary N) is 1. The van der Waals surface area contributed by atoms with Crippen molar-refractivity contribution in [3.63, 3.8) is 0 Å². The Balaban J connectivity index is 3.05. The van der Waals surface area contributed by atoms with Crippen molar-refractivity contribution in [1.82, 2.24) is 15.0 Å². The maximum absolute atomic E-state index is 9.40. The number of rotatable bonds is 7. The molecule has 1 aromatic heterocycles. The van der Waals surface area contributed by atoms with Gasteiger partial charge in [-0.25, -0.2) is 0 Å². The summed E-state index contributed by atoms with van der Waals surface area (Å²) in [6.45, 7) is 6.38. The SMILES string of the molecule is CCCOc1nc(NC)nc(N(C)C(C)(C)CO)n1. The molecule has 0 atom stereocenters. The number of anilines is 2. The molecule has 108 valence electrons. The van der Waals surface area contributed by atoms with Gasteiger partial charge >= 0.3 is 6.01 Å². The molecule has 0 aliphatic rings. The first-order chi connectivity index (χ1) is 8.94. The second-order valence-electron chi connectivity index (χ2n) is 4.87. The van der Waals surface area contributed by atoms with Crippen LogP contribution >= 0.6 is 0 Å². The van der Waals surface area contributed by atoms with E-state index in [2.05, 4.69) is 20.3 Å². The molecule has 0 unspecified atom stereocenters. The minimum atomic E-state index is -0.464. The van der Waals surface area contributed by atoms with Crippen LogP contribution in [0.25, 0.3) is 0 Å². The first-order valence-corrected chi connectivity index (χ1v) is 6.36. The molecule has 0 aromatic carbocycles. The Labute approximate surface area is 114 Å². The van der Waals surface area contributed by atoms with Crippen LogP contribution in [0.1, 0.15) is 27.2 Å². The molecular weight excluding hydrogens is 246 g/mol. The van der Waals surface area contributed by atoms with E-state index in [9.17, 15) is 5.11 Å². The highest BCUT2D eigenvalue weighted by Gasteiger charge is 2.25. The Morgan fingerprint density at radius 1 is 1.32 bits per heavy atom. The Morgan fingerprint density at radius 2 is 2.00 bits per heavy atom. The zero-order valence-electron chi connectivity index (χ0n) is 12.3. The van der Waals surface area contributed by atoms with Gasteiger partial charge in [0.15, 0.2) is 0 Å². The average Bonchev–Trinajstić information content (AvgIpc) is 2.43. The Kier molecular flexibility index (Phi) is 5.29. The van der Waals surface area contributed by atoms with Gasteiger partial charge in [-0.2, -0.15) is 15.0 Å². The summed E-state index contributed by atoms with van der Waals surface area (Å²) in [5.41, 5.74) is -0.464. The fraction of sp³-hybridized carbons (Fsp3) is 0.750. The fourth-order valence-corrected chi connectivity index (χ4v) is 1.24. The number of hydrogen-bond donors (Lipinski definition) is 2. The van der Waals surface area contributed by atoms with E-state index in [4.69, 9.17) is 4.74 Å². The Bertz CT molecular complexity index is 411. The van der Waals surface area contributed by atoms with E-state index in [-0.39, 0.29) is 12.6 Å². The maximum atomic E-state index is 9.40. The van der Waals surface area contributed by atoms with Gasteiger partial charge in [-0.1, -0.05) is 6.92 Å². The van der Waals surface area contributed by atoms with E-state index in [1.807, 2.05) is 27.8 Å². The molecule has 0 aliphatic carbocycles. The summed E-state index contributed by atoms with van der Waals surface area (Å²) in [6, 6.07) is 0.289. The molecule has 0 bridgehead atoms. The number of hydrogen-bond acceptors (Lipinski definition) is 7. The van der Waals surface area contributed by atoms with E-state index in [0.717, 1.165) is 6.42 Å². The summed E-state index contributed by atoms with van der Waals surface area (Å²) in [6.07, 6.45) is 0.883. The van der Waals surface area contributed by atoms with Gasteiger partial charge in [0.05, 0.1) is 18.8 Å². The van der Waals surface area contributed by atoms with Crippen LogP contribution in [0.15, 0.2) is 0 Å². The highest BCUT2D eigenvalue weighted by Crippen LogP contribution is 2.21. The number of likely N-dealkylation sites (N-methyl/N-ethyl adjacent to an activating group) is 1. The second-order valence-corrected chi connectivity index (χ2v) is 4.87. The van der Waals surface area contributed by atoms with Gasteiger partial charge in [-0.3, -0.25) is 0 Å². The van der Waals surface area contributed by atoms with Crippen molar-refractivity contribution in [2.75, 3.05) is 37.5 Å². The van der Waals surface area contributed by atoms with Gasteiger partial charge in [0.1, 0.15) is 0 Å². The monoisotopic (exact) mass is 269 g/mol. The number of aromatic nitrogens is 3. The number of aliphatic hydroxyl groups is 1. The van der Waals surface area contributed by atoms with Crippen LogP contribution in [0.5, 0.6) is 6.01 Å². The summed E-state index contributed by atoms with van der Waals surface area (Å²) in [5.74, 6) is 0.904. The van der Waals surface area contributed by atoms with E-state index in [1.165, 1.54) is 0 Å². The third-order valence-electron chi connectivity index (χ3n) is 2.86. The van der Waals surface area contributed by atoms with Crippen LogP contribution in [0.3, 0.4) is 0 Å². The molecule has 0 aliphatic heterocycles. The summed E-state index contributed by atoms with van der Waals surface area (Å²) in [7, 11) is 3.56. The lowest BCUT2D eigenvalue weighted by Gasteiger charge is -2.33. The number of ether oxygens (including phenoxy) is 1. The van der Waals surface area contributed by atoms with Crippen LogP contribution in [0.4, 0.5) is 11.9 Å². The molecule has 0 spiro atoms. The highest BCUT2D eigenvalue weighted by molar-refractivity contribution is 5.39. The van der Waals surface area contributed by atoms with Gasteiger partial charge < -0.3 is 20.1 Å². The Morgan fingerprint density at radius 3 is 2.53 bits per heavy atom. The largest absolute Gasteiger partial charge is 0.463 e. The molecule has 0 saturated carbocycles. The van der Waals surface area contributed by atoms with Crippen molar-refractivity contribution in [2.24, 2.45) is 0 Å². The summed E-state index contributed by atoms with van der Waals surface area (Å²) < 4.78 is 5.44. The predicted molar refractivity (Wildman–Crippen MR) is 74.7 cm³/mol. The smallest absolute Gasteiger partial charge is 0.323 e. The van der Waals surface area contributed by atoms with Crippen molar-refractivity contribution in [2.45, 2.75) is 32.7 Å². The molecule has 0 amide bonds. The van der Waals surface area contributed by atoms with Crippen molar-refractivity contribution in [3.05, 3.63) is 0 Å². The van der Waals surface area contributed by atoms with Gasteiger partial charge in [-0.05, 0) is 20.3 Å². The second kappa shape index (κ2) is 6.51. The first kappa shape index (κ1) is 15.4.